The minimum atomic E-state index is -0.0775. The molecular weight excluding hydrogens is 250 g/mol. The van der Waals surface area contributed by atoms with E-state index < -0.39 is 0 Å². The highest BCUT2D eigenvalue weighted by atomic mass is 16.5. The molecule has 0 fully saturated rings. The van der Waals surface area contributed by atoms with E-state index in [-0.39, 0.29) is 5.78 Å². The molecule has 0 N–H and O–H groups in total. The standard InChI is InChI=1S/C17H19NO2/c1-4-5-13-7-9-14(10-8-13)16(19)15-11-6-12(2)17(18-15)20-3/h6-11H,4-5H2,1-3H3. The van der Waals surface area contributed by atoms with Gasteiger partial charge < -0.3 is 4.74 Å². The molecule has 0 saturated carbocycles. The summed E-state index contributed by atoms with van der Waals surface area (Å²) in [7, 11) is 1.56. The Bertz CT molecular complexity index is 603. The maximum atomic E-state index is 12.4. The maximum Gasteiger partial charge on any atom is 0.216 e. The normalized spacial score (nSPS) is 10.3. The zero-order valence-electron chi connectivity index (χ0n) is 12.1. The fourth-order valence-corrected chi connectivity index (χ4v) is 2.10. The molecule has 0 atom stereocenters. The zero-order chi connectivity index (χ0) is 14.5. The molecule has 1 aromatic heterocycles. The van der Waals surface area contributed by atoms with Crippen molar-refractivity contribution in [2.45, 2.75) is 26.7 Å². The third-order valence-corrected chi connectivity index (χ3v) is 3.23. The molecule has 2 rings (SSSR count). The van der Waals surface area contributed by atoms with Gasteiger partial charge in [-0.1, -0.05) is 43.7 Å². The van der Waals surface area contributed by atoms with E-state index >= 15 is 0 Å². The van der Waals surface area contributed by atoms with Crippen molar-refractivity contribution in [3.63, 3.8) is 0 Å². The molecule has 0 spiro atoms. The van der Waals surface area contributed by atoms with Crippen LogP contribution in [0.3, 0.4) is 0 Å². The molecule has 0 aliphatic rings. The number of methoxy groups -OCH3 is 1. The first-order chi connectivity index (χ1) is 9.65. The summed E-state index contributed by atoms with van der Waals surface area (Å²) in [5.41, 5.74) is 3.24. The lowest BCUT2D eigenvalue weighted by atomic mass is 10.0. The molecule has 104 valence electrons. The second-order valence-electron chi connectivity index (χ2n) is 4.80. The average molecular weight is 269 g/mol. The van der Waals surface area contributed by atoms with Crippen LogP contribution in [0, 0.1) is 6.92 Å². The number of aryl methyl sites for hydroxylation is 2. The number of ether oxygens (including phenoxy) is 1. The van der Waals surface area contributed by atoms with Crippen molar-refractivity contribution >= 4 is 5.78 Å². The van der Waals surface area contributed by atoms with Crippen molar-refractivity contribution in [3.8, 4) is 5.88 Å². The topological polar surface area (TPSA) is 39.2 Å². The molecule has 1 heterocycles. The van der Waals surface area contributed by atoms with Gasteiger partial charge in [0.2, 0.25) is 11.7 Å². The Kier molecular flexibility index (Phi) is 4.51. The summed E-state index contributed by atoms with van der Waals surface area (Å²) in [4.78, 5) is 16.6. The Hall–Kier alpha value is -2.16. The third-order valence-electron chi connectivity index (χ3n) is 3.23. The number of rotatable bonds is 5. The Morgan fingerprint density at radius 1 is 1.15 bits per heavy atom. The van der Waals surface area contributed by atoms with E-state index in [2.05, 4.69) is 11.9 Å². The Morgan fingerprint density at radius 2 is 1.85 bits per heavy atom. The first-order valence-electron chi connectivity index (χ1n) is 6.81. The predicted octanol–water partition coefficient (Wildman–Crippen LogP) is 3.58. The van der Waals surface area contributed by atoms with Crippen LogP contribution in [0.5, 0.6) is 5.88 Å². The molecule has 3 heteroatoms. The minimum Gasteiger partial charge on any atom is -0.481 e. The monoisotopic (exact) mass is 269 g/mol. The molecular formula is C17H19NO2. The number of benzene rings is 1. The summed E-state index contributed by atoms with van der Waals surface area (Å²) in [5.74, 6) is 0.421. The second kappa shape index (κ2) is 6.33. The molecule has 0 aliphatic heterocycles. The number of hydrogen-bond acceptors (Lipinski definition) is 3. The highest BCUT2D eigenvalue weighted by molar-refractivity contribution is 6.07. The summed E-state index contributed by atoms with van der Waals surface area (Å²) in [5, 5.41) is 0. The van der Waals surface area contributed by atoms with Crippen LogP contribution in [0.15, 0.2) is 36.4 Å². The lowest BCUT2D eigenvalue weighted by Crippen LogP contribution is -2.06. The van der Waals surface area contributed by atoms with E-state index in [4.69, 9.17) is 4.74 Å². The van der Waals surface area contributed by atoms with E-state index in [0.29, 0.717) is 17.1 Å². The smallest absolute Gasteiger partial charge is 0.216 e. The largest absolute Gasteiger partial charge is 0.481 e. The molecule has 0 bridgehead atoms. The number of nitrogens with zero attached hydrogens (tertiary/aromatic N) is 1. The molecule has 0 saturated heterocycles. The molecule has 0 aliphatic carbocycles. The van der Waals surface area contributed by atoms with Crippen LogP contribution in [-0.4, -0.2) is 17.9 Å². The molecule has 2 aromatic rings. The van der Waals surface area contributed by atoms with Gasteiger partial charge >= 0.3 is 0 Å². The van der Waals surface area contributed by atoms with Gasteiger partial charge in [0, 0.05) is 11.1 Å². The Labute approximate surface area is 119 Å². The van der Waals surface area contributed by atoms with Gasteiger partial charge in [-0.25, -0.2) is 4.98 Å². The first-order valence-corrected chi connectivity index (χ1v) is 6.81. The van der Waals surface area contributed by atoms with Crippen molar-refractivity contribution < 1.29 is 9.53 Å². The van der Waals surface area contributed by atoms with Crippen LogP contribution in [0.25, 0.3) is 0 Å². The third kappa shape index (κ3) is 3.05. The average Bonchev–Trinajstić information content (AvgIpc) is 2.48. The number of pyridine rings is 1. The van der Waals surface area contributed by atoms with Crippen LogP contribution in [-0.2, 0) is 6.42 Å². The molecule has 20 heavy (non-hydrogen) atoms. The van der Waals surface area contributed by atoms with Gasteiger partial charge in [-0.3, -0.25) is 4.79 Å². The van der Waals surface area contributed by atoms with E-state index in [9.17, 15) is 4.79 Å². The van der Waals surface area contributed by atoms with E-state index in [1.165, 1.54) is 5.56 Å². The summed E-state index contributed by atoms with van der Waals surface area (Å²) in [6, 6.07) is 11.3. The Morgan fingerprint density at radius 3 is 2.45 bits per heavy atom. The van der Waals surface area contributed by atoms with Crippen molar-refractivity contribution in [1.29, 1.82) is 0 Å². The van der Waals surface area contributed by atoms with Crippen molar-refractivity contribution in [2.75, 3.05) is 7.11 Å². The fourth-order valence-electron chi connectivity index (χ4n) is 2.10. The van der Waals surface area contributed by atoms with Gasteiger partial charge in [-0.05, 0) is 25.0 Å². The number of carbonyl (C=O) groups excluding carboxylic acids is 1. The second-order valence-corrected chi connectivity index (χ2v) is 4.80. The summed E-state index contributed by atoms with van der Waals surface area (Å²) < 4.78 is 5.16. The molecule has 0 amide bonds. The predicted molar refractivity (Wildman–Crippen MR) is 79.4 cm³/mol. The van der Waals surface area contributed by atoms with Crippen molar-refractivity contribution in [2.24, 2.45) is 0 Å². The summed E-state index contributed by atoms with van der Waals surface area (Å²) in [6.07, 6.45) is 2.13. The van der Waals surface area contributed by atoms with Crippen molar-refractivity contribution in [3.05, 3.63) is 58.8 Å². The SMILES string of the molecule is CCCc1ccc(C(=O)c2ccc(C)c(OC)n2)cc1. The van der Waals surface area contributed by atoms with Gasteiger partial charge in [0.05, 0.1) is 7.11 Å². The number of carbonyl (C=O) groups is 1. The van der Waals surface area contributed by atoms with E-state index in [0.717, 1.165) is 18.4 Å². The van der Waals surface area contributed by atoms with Gasteiger partial charge in [0.1, 0.15) is 5.69 Å². The van der Waals surface area contributed by atoms with Crippen LogP contribution in [0.4, 0.5) is 0 Å². The number of aromatic nitrogens is 1. The fraction of sp³-hybridized carbons (Fsp3) is 0.294. The minimum absolute atomic E-state index is 0.0775. The van der Waals surface area contributed by atoms with Gasteiger partial charge in [-0.2, -0.15) is 0 Å². The molecule has 0 unspecified atom stereocenters. The van der Waals surface area contributed by atoms with Gasteiger partial charge in [0.15, 0.2) is 0 Å². The highest BCUT2D eigenvalue weighted by Crippen LogP contribution is 2.17. The lowest BCUT2D eigenvalue weighted by molar-refractivity contribution is 0.103. The molecule has 0 radical (unpaired) electrons. The summed E-state index contributed by atoms with van der Waals surface area (Å²) >= 11 is 0. The summed E-state index contributed by atoms with van der Waals surface area (Å²) in [6.45, 7) is 4.04. The highest BCUT2D eigenvalue weighted by Gasteiger charge is 2.12. The Balaban J connectivity index is 2.26. The zero-order valence-corrected chi connectivity index (χ0v) is 12.1. The van der Waals surface area contributed by atoms with Crippen LogP contribution < -0.4 is 4.74 Å². The number of hydrogen-bond donors (Lipinski definition) is 0. The van der Waals surface area contributed by atoms with E-state index in [1.807, 2.05) is 37.3 Å². The quantitative estimate of drug-likeness (QED) is 0.779. The van der Waals surface area contributed by atoms with Crippen LogP contribution in [0.2, 0.25) is 0 Å². The first kappa shape index (κ1) is 14.3. The number of ketones is 1. The lowest BCUT2D eigenvalue weighted by Gasteiger charge is -2.06. The molecule has 1 aromatic carbocycles. The van der Waals surface area contributed by atoms with Crippen molar-refractivity contribution in [1.82, 2.24) is 4.98 Å². The van der Waals surface area contributed by atoms with Crippen LogP contribution in [0.1, 0.15) is 40.5 Å². The maximum absolute atomic E-state index is 12.4. The van der Waals surface area contributed by atoms with Gasteiger partial charge in [-0.15, -0.1) is 0 Å². The van der Waals surface area contributed by atoms with Gasteiger partial charge in [0.25, 0.3) is 0 Å². The molecule has 3 nitrogen and oxygen atoms in total. The van der Waals surface area contributed by atoms with E-state index in [1.54, 1.807) is 13.2 Å². The van der Waals surface area contributed by atoms with Crippen LogP contribution >= 0.6 is 0 Å².